The average molecular weight is 280 g/mol. The topological polar surface area (TPSA) is 37.8 Å². The van der Waals surface area contributed by atoms with Crippen LogP contribution in [-0.2, 0) is 6.42 Å². The van der Waals surface area contributed by atoms with Crippen LogP contribution < -0.4 is 5.32 Å². The van der Waals surface area contributed by atoms with E-state index in [2.05, 4.69) is 28.3 Å². The van der Waals surface area contributed by atoms with Gasteiger partial charge in [-0.3, -0.25) is 0 Å². The van der Waals surface area contributed by atoms with Gasteiger partial charge in [-0.1, -0.05) is 48.5 Å². The van der Waals surface area contributed by atoms with E-state index in [4.69, 9.17) is 11.6 Å². The van der Waals surface area contributed by atoms with Crippen molar-refractivity contribution in [2.75, 3.05) is 11.6 Å². The SMILES string of the molecule is CCc1ccccc1Nc1cc(Cl)nc(SC)n1. The molecule has 1 N–H and O–H groups in total. The molecule has 0 fully saturated rings. The van der Waals surface area contributed by atoms with Crippen molar-refractivity contribution in [2.24, 2.45) is 0 Å². The van der Waals surface area contributed by atoms with E-state index in [0.717, 1.165) is 17.9 Å². The van der Waals surface area contributed by atoms with Gasteiger partial charge in [0.25, 0.3) is 0 Å². The largest absolute Gasteiger partial charge is 0.340 e. The third-order valence-corrected chi connectivity index (χ3v) is 3.26. The Morgan fingerprint density at radius 1 is 1.28 bits per heavy atom. The van der Waals surface area contributed by atoms with Crippen LogP contribution in [0.2, 0.25) is 5.15 Å². The summed E-state index contributed by atoms with van der Waals surface area (Å²) in [7, 11) is 0. The zero-order valence-corrected chi connectivity index (χ0v) is 11.8. The molecule has 0 aliphatic heterocycles. The molecule has 5 heteroatoms. The second kappa shape index (κ2) is 6.07. The Morgan fingerprint density at radius 2 is 2.06 bits per heavy atom. The molecule has 0 unspecified atom stereocenters. The maximum atomic E-state index is 5.96. The number of benzene rings is 1. The highest BCUT2D eigenvalue weighted by Gasteiger charge is 2.05. The number of aromatic nitrogens is 2. The third kappa shape index (κ3) is 3.15. The lowest BCUT2D eigenvalue weighted by Gasteiger charge is -2.10. The van der Waals surface area contributed by atoms with Crippen LogP contribution in [0.5, 0.6) is 0 Å². The molecule has 18 heavy (non-hydrogen) atoms. The van der Waals surface area contributed by atoms with Gasteiger partial charge in [0.1, 0.15) is 11.0 Å². The van der Waals surface area contributed by atoms with E-state index in [1.54, 1.807) is 6.07 Å². The normalized spacial score (nSPS) is 10.4. The molecule has 0 atom stereocenters. The van der Waals surface area contributed by atoms with Gasteiger partial charge >= 0.3 is 0 Å². The summed E-state index contributed by atoms with van der Waals surface area (Å²) in [6.07, 6.45) is 2.90. The minimum absolute atomic E-state index is 0.450. The number of anilines is 2. The van der Waals surface area contributed by atoms with Gasteiger partial charge in [0, 0.05) is 11.8 Å². The Hall–Kier alpha value is -1.26. The van der Waals surface area contributed by atoms with E-state index in [9.17, 15) is 0 Å². The van der Waals surface area contributed by atoms with Crippen molar-refractivity contribution < 1.29 is 0 Å². The second-order valence-corrected chi connectivity index (χ2v) is 4.86. The van der Waals surface area contributed by atoms with Gasteiger partial charge in [-0.25, -0.2) is 9.97 Å². The van der Waals surface area contributed by atoms with Crippen LogP contribution in [0.3, 0.4) is 0 Å². The van der Waals surface area contributed by atoms with Crippen LogP contribution in [0, 0.1) is 0 Å². The maximum Gasteiger partial charge on any atom is 0.190 e. The molecule has 0 amide bonds. The minimum Gasteiger partial charge on any atom is -0.340 e. The van der Waals surface area contributed by atoms with Crippen LogP contribution in [0.25, 0.3) is 0 Å². The molecular formula is C13H14ClN3S. The summed E-state index contributed by atoms with van der Waals surface area (Å²) >= 11 is 7.44. The van der Waals surface area contributed by atoms with Crippen molar-refractivity contribution in [2.45, 2.75) is 18.5 Å². The van der Waals surface area contributed by atoms with E-state index < -0.39 is 0 Å². The van der Waals surface area contributed by atoms with Crippen LogP contribution in [0.1, 0.15) is 12.5 Å². The zero-order chi connectivity index (χ0) is 13.0. The van der Waals surface area contributed by atoms with Gasteiger partial charge in [0.15, 0.2) is 5.16 Å². The molecule has 94 valence electrons. The first-order valence-electron chi connectivity index (χ1n) is 5.66. The second-order valence-electron chi connectivity index (χ2n) is 3.70. The van der Waals surface area contributed by atoms with Crippen molar-refractivity contribution in [3.8, 4) is 0 Å². The molecule has 1 aromatic heterocycles. The summed E-state index contributed by atoms with van der Waals surface area (Å²) in [5.74, 6) is 0.722. The molecule has 0 aliphatic rings. The molecule has 0 saturated carbocycles. The first-order chi connectivity index (χ1) is 8.72. The quantitative estimate of drug-likeness (QED) is 0.518. The van der Waals surface area contributed by atoms with Gasteiger partial charge in [0.05, 0.1) is 0 Å². The number of rotatable bonds is 4. The Balaban J connectivity index is 2.30. The highest BCUT2D eigenvalue weighted by atomic mass is 35.5. The summed E-state index contributed by atoms with van der Waals surface area (Å²) in [6.45, 7) is 2.13. The van der Waals surface area contributed by atoms with E-state index in [-0.39, 0.29) is 0 Å². The number of thioether (sulfide) groups is 1. The summed E-state index contributed by atoms with van der Waals surface area (Å²) in [5.41, 5.74) is 2.31. The summed E-state index contributed by atoms with van der Waals surface area (Å²) in [6, 6.07) is 9.89. The van der Waals surface area contributed by atoms with Gasteiger partial charge < -0.3 is 5.32 Å². The van der Waals surface area contributed by atoms with Crippen molar-refractivity contribution in [3.63, 3.8) is 0 Å². The molecule has 0 spiro atoms. The number of nitrogens with zero attached hydrogens (tertiary/aromatic N) is 2. The molecule has 0 saturated heterocycles. The Kier molecular flexibility index (Phi) is 4.44. The summed E-state index contributed by atoms with van der Waals surface area (Å²) < 4.78 is 0. The van der Waals surface area contributed by atoms with E-state index in [1.807, 2.05) is 24.5 Å². The smallest absolute Gasteiger partial charge is 0.190 e. The fourth-order valence-corrected chi connectivity index (χ4v) is 2.25. The van der Waals surface area contributed by atoms with E-state index >= 15 is 0 Å². The van der Waals surface area contributed by atoms with Crippen molar-refractivity contribution in [1.29, 1.82) is 0 Å². The van der Waals surface area contributed by atoms with Crippen LogP contribution in [-0.4, -0.2) is 16.2 Å². The molecule has 2 aromatic rings. The number of nitrogens with one attached hydrogen (secondary N) is 1. The number of halogens is 1. The number of hydrogen-bond donors (Lipinski definition) is 1. The maximum absolute atomic E-state index is 5.96. The molecule has 3 nitrogen and oxygen atoms in total. The highest BCUT2D eigenvalue weighted by molar-refractivity contribution is 7.98. The predicted octanol–water partition coefficient (Wildman–Crippen LogP) is 4.16. The van der Waals surface area contributed by atoms with Gasteiger partial charge in [-0.15, -0.1) is 0 Å². The van der Waals surface area contributed by atoms with E-state index in [0.29, 0.717) is 10.3 Å². The third-order valence-electron chi connectivity index (χ3n) is 2.52. The van der Waals surface area contributed by atoms with Crippen LogP contribution >= 0.6 is 23.4 Å². The summed E-state index contributed by atoms with van der Waals surface area (Å²) in [5, 5.41) is 4.41. The lowest BCUT2D eigenvalue weighted by atomic mass is 10.1. The molecule has 0 bridgehead atoms. The number of para-hydroxylation sites is 1. The highest BCUT2D eigenvalue weighted by Crippen LogP contribution is 2.23. The lowest BCUT2D eigenvalue weighted by molar-refractivity contribution is 0.975. The Morgan fingerprint density at radius 3 is 2.78 bits per heavy atom. The fourth-order valence-electron chi connectivity index (χ4n) is 1.64. The standard InChI is InChI=1S/C13H14ClN3S/c1-3-9-6-4-5-7-10(9)15-12-8-11(14)16-13(17-12)18-2/h4-8H,3H2,1-2H3,(H,15,16,17). The molecule has 2 rings (SSSR count). The van der Waals surface area contributed by atoms with Crippen LogP contribution in [0.15, 0.2) is 35.5 Å². The summed E-state index contributed by atoms with van der Waals surface area (Å²) in [4.78, 5) is 8.49. The fraction of sp³-hybridized carbons (Fsp3) is 0.231. The van der Waals surface area contributed by atoms with E-state index in [1.165, 1.54) is 17.3 Å². The van der Waals surface area contributed by atoms with Gasteiger partial charge in [0.2, 0.25) is 0 Å². The number of aryl methyl sites for hydroxylation is 1. The van der Waals surface area contributed by atoms with Crippen molar-refractivity contribution in [1.82, 2.24) is 9.97 Å². The van der Waals surface area contributed by atoms with Crippen LogP contribution in [0.4, 0.5) is 11.5 Å². The average Bonchev–Trinajstić information content (AvgIpc) is 2.38. The van der Waals surface area contributed by atoms with Gasteiger partial charge in [-0.05, 0) is 24.3 Å². The Labute approximate surface area is 116 Å². The van der Waals surface area contributed by atoms with Gasteiger partial charge in [-0.2, -0.15) is 0 Å². The van der Waals surface area contributed by atoms with Crippen molar-refractivity contribution >= 4 is 34.9 Å². The molecule has 1 aromatic carbocycles. The molecule has 0 aliphatic carbocycles. The molecule has 0 radical (unpaired) electrons. The number of hydrogen-bond acceptors (Lipinski definition) is 4. The minimum atomic E-state index is 0.450. The molecular weight excluding hydrogens is 266 g/mol. The Bertz CT molecular complexity index is 546. The first-order valence-corrected chi connectivity index (χ1v) is 7.26. The monoisotopic (exact) mass is 279 g/mol. The lowest BCUT2D eigenvalue weighted by Crippen LogP contribution is -1.99. The van der Waals surface area contributed by atoms with Crippen molar-refractivity contribution in [3.05, 3.63) is 41.0 Å². The predicted molar refractivity (Wildman–Crippen MR) is 77.9 cm³/mol. The first kappa shape index (κ1) is 13.2. The zero-order valence-electron chi connectivity index (χ0n) is 10.3. The molecule has 1 heterocycles.